The molecule has 0 saturated carbocycles. The minimum Gasteiger partial charge on any atom is -0.494 e. The maximum Gasteiger partial charge on any atom is 0.388 e. The lowest BCUT2D eigenvalue weighted by molar-refractivity contribution is 0.387. The first-order valence-corrected chi connectivity index (χ1v) is 2.96. The van der Waals surface area contributed by atoms with Crippen LogP contribution in [0.4, 0.5) is 10.1 Å². The molecule has 0 N–H and O–H groups in total. The fraction of sp³-hybridized carbons (Fsp3) is 0.143. The smallest absolute Gasteiger partial charge is 0.388 e. The Bertz CT molecular complexity index is 306. The zero-order valence-electron chi connectivity index (χ0n) is 5.91. The second-order valence-electron chi connectivity index (χ2n) is 1.92. The number of benzene rings is 1. The summed E-state index contributed by atoms with van der Waals surface area (Å²) in [5.41, 5.74) is 0.170. The predicted molar refractivity (Wildman–Crippen MR) is 37.7 cm³/mol. The summed E-state index contributed by atoms with van der Waals surface area (Å²) in [7, 11) is 1.37. The number of hydrogen-bond acceptors (Lipinski definition) is 2. The highest BCUT2D eigenvalue weighted by atomic mass is 19.1. The largest absolute Gasteiger partial charge is 0.494 e. The highest BCUT2D eigenvalue weighted by Gasteiger charge is 2.09. The molecule has 0 heterocycles. The van der Waals surface area contributed by atoms with Crippen molar-refractivity contribution in [1.29, 1.82) is 5.39 Å². The number of rotatable bonds is 1. The monoisotopic (exact) mass is 153 g/mol. The lowest BCUT2D eigenvalue weighted by atomic mass is 10.3. The van der Waals surface area contributed by atoms with E-state index in [2.05, 4.69) is 9.71 Å². The van der Waals surface area contributed by atoms with Crippen molar-refractivity contribution < 1.29 is 9.13 Å². The van der Waals surface area contributed by atoms with E-state index in [9.17, 15) is 4.39 Å². The fourth-order valence-electron chi connectivity index (χ4n) is 0.717. The maximum atomic E-state index is 12.7. The summed E-state index contributed by atoms with van der Waals surface area (Å²) in [5.74, 6) is -0.403. The first-order chi connectivity index (χ1) is 5.27. The van der Waals surface area contributed by atoms with Crippen LogP contribution in [0.25, 0.3) is 4.98 Å². The minimum absolute atomic E-state index is 0.136. The average Bonchev–Trinajstić information content (AvgIpc) is 2.04. The molecule has 0 spiro atoms. The molecule has 0 unspecified atom stereocenters. The van der Waals surface area contributed by atoms with Crippen molar-refractivity contribution in [1.82, 2.24) is 0 Å². The van der Waals surface area contributed by atoms with Crippen LogP contribution >= 0.6 is 0 Å². The summed E-state index contributed by atoms with van der Waals surface area (Å²) in [5, 5.41) is 8.24. The van der Waals surface area contributed by atoms with Crippen LogP contribution in [0.15, 0.2) is 18.2 Å². The zero-order chi connectivity index (χ0) is 8.27. The molecule has 0 aliphatic carbocycles. The molecule has 0 bridgehead atoms. The van der Waals surface area contributed by atoms with Gasteiger partial charge < -0.3 is 4.74 Å². The van der Waals surface area contributed by atoms with E-state index in [1.54, 1.807) is 0 Å². The lowest BCUT2D eigenvalue weighted by Crippen LogP contribution is -1.85. The van der Waals surface area contributed by atoms with E-state index in [1.165, 1.54) is 19.2 Å². The SMILES string of the molecule is COc1ccc([N+]#N)cc1F. The normalized spacial score (nSPS) is 8.82. The van der Waals surface area contributed by atoms with Crippen molar-refractivity contribution in [2.45, 2.75) is 0 Å². The number of methoxy groups -OCH3 is 1. The standard InChI is InChI=1S/C7H6FN2O/c1-11-7-3-2-5(10-9)4-6(7)8/h2-4H,1H3/q+1. The molecular formula is C7H6FN2O+. The molecule has 1 aromatic rings. The Morgan fingerprint density at radius 3 is 2.73 bits per heavy atom. The van der Waals surface area contributed by atoms with Gasteiger partial charge in [0, 0.05) is 6.07 Å². The Labute approximate surface area is 63.0 Å². The predicted octanol–water partition coefficient (Wildman–Crippen LogP) is 2.32. The van der Waals surface area contributed by atoms with E-state index in [-0.39, 0.29) is 11.4 Å². The summed E-state index contributed by atoms with van der Waals surface area (Å²) in [6.45, 7) is 0. The van der Waals surface area contributed by atoms with Crippen molar-refractivity contribution >= 4 is 5.69 Å². The highest BCUT2D eigenvalue weighted by molar-refractivity contribution is 5.47. The van der Waals surface area contributed by atoms with Crippen LogP contribution in [0.3, 0.4) is 0 Å². The van der Waals surface area contributed by atoms with Gasteiger partial charge in [0.25, 0.3) is 0 Å². The van der Waals surface area contributed by atoms with Gasteiger partial charge in [0.15, 0.2) is 16.5 Å². The van der Waals surface area contributed by atoms with Crippen molar-refractivity contribution in [3.63, 3.8) is 0 Å². The van der Waals surface area contributed by atoms with E-state index in [1.807, 2.05) is 0 Å². The number of nitrogens with zero attached hydrogens (tertiary/aromatic N) is 2. The summed E-state index contributed by atoms with van der Waals surface area (Å²) in [6.07, 6.45) is 0. The highest BCUT2D eigenvalue weighted by Crippen LogP contribution is 2.21. The molecule has 4 heteroatoms. The average molecular weight is 153 g/mol. The third kappa shape index (κ3) is 1.44. The first kappa shape index (κ1) is 7.48. The summed E-state index contributed by atoms with van der Waals surface area (Å²) in [4.78, 5) is 2.81. The second-order valence-corrected chi connectivity index (χ2v) is 1.92. The Morgan fingerprint density at radius 1 is 1.55 bits per heavy atom. The van der Waals surface area contributed by atoms with Crippen molar-refractivity contribution in [2.75, 3.05) is 7.11 Å². The summed E-state index contributed by atoms with van der Waals surface area (Å²) < 4.78 is 17.4. The van der Waals surface area contributed by atoms with Gasteiger partial charge in [-0.05, 0) is 6.07 Å². The van der Waals surface area contributed by atoms with Crippen LogP contribution in [0.2, 0.25) is 0 Å². The van der Waals surface area contributed by atoms with Crippen LogP contribution in [-0.4, -0.2) is 7.11 Å². The van der Waals surface area contributed by atoms with Gasteiger partial charge in [-0.25, -0.2) is 4.39 Å². The molecular weight excluding hydrogens is 147 g/mol. The van der Waals surface area contributed by atoms with E-state index >= 15 is 0 Å². The molecule has 0 aromatic heterocycles. The van der Waals surface area contributed by atoms with Gasteiger partial charge in [-0.3, -0.25) is 0 Å². The molecule has 0 aliphatic rings. The molecule has 0 radical (unpaired) electrons. The molecule has 0 aliphatic heterocycles. The third-order valence-electron chi connectivity index (χ3n) is 1.25. The second kappa shape index (κ2) is 2.97. The molecule has 0 saturated heterocycles. The Hall–Kier alpha value is -1.63. The molecule has 56 valence electrons. The Balaban J connectivity index is 3.12. The van der Waals surface area contributed by atoms with Gasteiger partial charge in [0.2, 0.25) is 5.39 Å². The first-order valence-electron chi connectivity index (χ1n) is 2.96. The molecule has 11 heavy (non-hydrogen) atoms. The molecule has 1 rings (SSSR count). The van der Waals surface area contributed by atoms with Gasteiger partial charge >= 0.3 is 5.69 Å². The Kier molecular flexibility index (Phi) is 2.02. The molecule has 0 fully saturated rings. The van der Waals surface area contributed by atoms with Crippen LogP contribution in [0.1, 0.15) is 0 Å². The topological polar surface area (TPSA) is 37.4 Å². The minimum atomic E-state index is -0.539. The number of halogens is 1. The number of hydrogen-bond donors (Lipinski definition) is 0. The summed E-state index contributed by atoms with van der Waals surface area (Å²) >= 11 is 0. The van der Waals surface area contributed by atoms with E-state index in [0.717, 1.165) is 6.07 Å². The maximum absolute atomic E-state index is 12.7. The van der Waals surface area contributed by atoms with Gasteiger partial charge in [-0.2, -0.15) is 0 Å². The van der Waals surface area contributed by atoms with E-state index in [4.69, 9.17) is 5.39 Å². The zero-order valence-corrected chi connectivity index (χ0v) is 5.91. The van der Waals surface area contributed by atoms with Gasteiger partial charge in [0.05, 0.1) is 13.2 Å². The van der Waals surface area contributed by atoms with Crippen molar-refractivity contribution in [3.8, 4) is 5.75 Å². The lowest BCUT2D eigenvalue weighted by Gasteiger charge is -1.96. The van der Waals surface area contributed by atoms with Crippen LogP contribution < -0.4 is 4.74 Å². The fourth-order valence-corrected chi connectivity index (χ4v) is 0.717. The summed E-state index contributed by atoms with van der Waals surface area (Å²) in [6, 6.07) is 3.92. The van der Waals surface area contributed by atoms with Gasteiger partial charge in [0.1, 0.15) is 0 Å². The molecule has 0 amide bonds. The third-order valence-corrected chi connectivity index (χ3v) is 1.25. The number of ether oxygens (including phenoxy) is 1. The molecule has 3 nitrogen and oxygen atoms in total. The van der Waals surface area contributed by atoms with E-state index in [0.29, 0.717) is 0 Å². The molecule has 1 aromatic carbocycles. The number of diazo groups is 1. The molecule has 0 atom stereocenters. The van der Waals surface area contributed by atoms with E-state index < -0.39 is 5.82 Å². The van der Waals surface area contributed by atoms with Crippen LogP contribution in [0, 0.1) is 11.2 Å². The van der Waals surface area contributed by atoms with Crippen LogP contribution in [-0.2, 0) is 0 Å². The quantitative estimate of drug-likeness (QED) is 0.580. The van der Waals surface area contributed by atoms with Crippen molar-refractivity contribution in [3.05, 3.63) is 29.0 Å². The van der Waals surface area contributed by atoms with Crippen molar-refractivity contribution in [2.24, 2.45) is 0 Å². The van der Waals surface area contributed by atoms with Gasteiger partial charge in [-0.15, -0.1) is 0 Å². The van der Waals surface area contributed by atoms with Gasteiger partial charge in [-0.1, -0.05) is 0 Å². The van der Waals surface area contributed by atoms with Crippen LogP contribution in [0.5, 0.6) is 5.75 Å². The Morgan fingerprint density at radius 2 is 2.27 bits per heavy atom.